The number of nitrogens with two attached hydrogens (primary N) is 2. The first-order valence-electron chi connectivity index (χ1n) is 3.56. The summed E-state index contributed by atoms with van der Waals surface area (Å²) >= 11 is 0. The zero-order valence-corrected chi connectivity index (χ0v) is 7.13. The van der Waals surface area contributed by atoms with Crippen molar-refractivity contribution in [1.82, 2.24) is 0 Å². The van der Waals surface area contributed by atoms with Gasteiger partial charge in [-0.3, -0.25) is 0 Å². The van der Waals surface area contributed by atoms with Crippen LogP contribution in [-0.4, -0.2) is 7.05 Å². The van der Waals surface area contributed by atoms with Crippen LogP contribution in [0.25, 0.3) is 0 Å². The third-order valence-corrected chi connectivity index (χ3v) is 1.69. The maximum Gasteiger partial charge on any atom is 0.128 e. The van der Waals surface area contributed by atoms with Crippen molar-refractivity contribution in [2.24, 2.45) is 5.84 Å². The molecule has 0 aliphatic rings. The van der Waals surface area contributed by atoms with Gasteiger partial charge >= 0.3 is 0 Å². The molecule has 66 valence electrons. The first-order chi connectivity index (χ1) is 5.52. The molecule has 1 aromatic rings. The molecule has 0 saturated carbocycles. The number of halogens is 1. The number of anilines is 2. The van der Waals surface area contributed by atoms with Gasteiger partial charge in [-0.2, -0.15) is 0 Å². The fraction of sp³-hybridized carbons (Fsp3) is 0.250. The predicted octanol–water partition coefficient (Wildman–Crippen LogP) is 1.03. The van der Waals surface area contributed by atoms with Crippen molar-refractivity contribution in [2.45, 2.75) is 6.92 Å². The molecule has 0 bridgehead atoms. The number of rotatable bonds is 1. The molecule has 12 heavy (non-hydrogen) atoms. The van der Waals surface area contributed by atoms with Crippen LogP contribution in [0.5, 0.6) is 0 Å². The molecule has 0 atom stereocenters. The van der Waals surface area contributed by atoms with Crippen molar-refractivity contribution >= 4 is 11.4 Å². The van der Waals surface area contributed by atoms with Gasteiger partial charge in [0.15, 0.2) is 0 Å². The van der Waals surface area contributed by atoms with E-state index in [0.717, 1.165) is 0 Å². The third-order valence-electron chi connectivity index (χ3n) is 1.69. The second kappa shape index (κ2) is 2.98. The molecule has 0 unspecified atom stereocenters. The van der Waals surface area contributed by atoms with Gasteiger partial charge in [-0.1, -0.05) is 0 Å². The lowest BCUT2D eigenvalue weighted by Crippen LogP contribution is -2.26. The summed E-state index contributed by atoms with van der Waals surface area (Å²) in [4.78, 5) is 0. The van der Waals surface area contributed by atoms with Gasteiger partial charge in [-0.25, -0.2) is 10.2 Å². The van der Waals surface area contributed by atoms with Crippen LogP contribution in [0.15, 0.2) is 12.1 Å². The van der Waals surface area contributed by atoms with Gasteiger partial charge in [-0.15, -0.1) is 0 Å². The van der Waals surface area contributed by atoms with E-state index >= 15 is 0 Å². The molecule has 0 aliphatic heterocycles. The normalized spacial score (nSPS) is 10.0. The summed E-state index contributed by atoms with van der Waals surface area (Å²) in [7, 11) is 1.61. The van der Waals surface area contributed by atoms with Crippen LogP contribution in [-0.2, 0) is 0 Å². The minimum atomic E-state index is -0.295. The van der Waals surface area contributed by atoms with Crippen molar-refractivity contribution in [1.29, 1.82) is 0 Å². The Morgan fingerprint density at radius 3 is 2.50 bits per heavy atom. The summed E-state index contributed by atoms with van der Waals surface area (Å²) in [6, 6.07) is 2.89. The largest absolute Gasteiger partial charge is 0.397 e. The summed E-state index contributed by atoms with van der Waals surface area (Å²) in [5.41, 5.74) is 7.11. The van der Waals surface area contributed by atoms with Crippen molar-refractivity contribution < 1.29 is 4.39 Å². The van der Waals surface area contributed by atoms with Crippen LogP contribution in [0.4, 0.5) is 15.8 Å². The van der Waals surface area contributed by atoms with Crippen LogP contribution in [0, 0.1) is 12.7 Å². The molecule has 0 saturated heterocycles. The number of hydrogen-bond acceptors (Lipinski definition) is 3. The highest BCUT2D eigenvalue weighted by atomic mass is 19.1. The summed E-state index contributed by atoms with van der Waals surface area (Å²) in [6.45, 7) is 1.66. The molecule has 0 aromatic heterocycles. The molecule has 0 fully saturated rings. The summed E-state index contributed by atoms with van der Waals surface area (Å²) < 4.78 is 13.0. The van der Waals surface area contributed by atoms with E-state index in [9.17, 15) is 4.39 Å². The predicted molar refractivity (Wildman–Crippen MR) is 48.1 cm³/mol. The van der Waals surface area contributed by atoms with E-state index in [2.05, 4.69) is 0 Å². The monoisotopic (exact) mass is 169 g/mol. The Labute approximate surface area is 70.7 Å². The number of nitrogen functional groups attached to an aromatic ring is 1. The Morgan fingerprint density at radius 2 is 2.00 bits per heavy atom. The highest BCUT2D eigenvalue weighted by molar-refractivity contribution is 5.67. The Kier molecular flexibility index (Phi) is 2.19. The number of benzene rings is 1. The maximum atomic E-state index is 13.0. The molecule has 1 rings (SSSR count). The zero-order valence-electron chi connectivity index (χ0n) is 7.13. The first kappa shape index (κ1) is 8.80. The third kappa shape index (κ3) is 1.48. The fourth-order valence-corrected chi connectivity index (χ4v) is 0.999. The van der Waals surface area contributed by atoms with E-state index in [-0.39, 0.29) is 5.82 Å². The van der Waals surface area contributed by atoms with Gasteiger partial charge in [0.05, 0.1) is 11.4 Å². The summed E-state index contributed by atoms with van der Waals surface area (Å²) in [5, 5.41) is 1.29. The fourth-order valence-electron chi connectivity index (χ4n) is 0.999. The van der Waals surface area contributed by atoms with Gasteiger partial charge in [0.25, 0.3) is 0 Å². The molecular weight excluding hydrogens is 157 g/mol. The molecule has 0 amide bonds. The molecule has 1 aromatic carbocycles. The molecule has 0 heterocycles. The number of hydrogen-bond donors (Lipinski definition) is 2. The second-order valence-electron chi connectivity index (χ2n) is 2.77. The van der Waals surface area contributed by atoms with Gasteiger partial charge in [-0.05, 0) is 18.6 Å². The van der Waals surface area contributed by atoms with Gasteiger partial charge in [0, 0.05) is 13.1 Å². The van der Waals surface area contributed by atoms with Crippen molar-refractivity contribution in [3.8, 4) is 0 Å². The number of hydrazine groups is 1. The van der Waals surface area contributed by atoms with Gasteiger partial charge < -0.3 is 10.7 Å². The average Bonchev–Trinajstić information content (AvgIpc) is 1.96. The highest BCUT2D eigenvalue weighted by Crippen LogP contribution is 2.23. The Balaban J connectivity index is 3.23. The van der Waals surface area contributed by atoms with Crippen LogP contribution < -0.4 is 16.6 Å². The van der Waals surface area contributed by atoms with E-state index < -0.39 is 0 Å². The maximum absolute atomic E-state index is 13.0. The lowest BCUT2D eigenvalue weighted by Gasteiger charge is -2.15. The minimum absolute atomic E-state index is 0.295. The van der Waals surface area contributed by atoms with Gasteiger partial charge in [0.1, 0.15) is 5.82 Å². The van der Waals surface area contributed by atoms with Crippen molar-refractivity contribution in [2.75, 3.05) is 17.8 Å². The second-order valence-corrected chi connectivity index (χ2v) is 2.77. The minimum Gasteiger partial charge on any atom is -0.397 e. The Morgan fingerprint density at radius 1 is 1.42 bits per heavy atom. The first-order valence-corrected chi connectivity index (χ1v) is 3.56. The molecular formula is C8H12FN3. The van der Waals surface area contributed by atoms with E-state index in [1.54, 1.807) is 20.0 Å². The molecule has 4 N–H and O–H groups in total. The number of nitrogens with zero attached hydrogens (tertiary/aromatic N) is 1. The molecule has 4 heteroatoms. The smallest absolute Gasteiger partial charge is 0.128 e. The van der Waals surface area contributed by atoms with E-state index in [1.807, 2.05) is 0 Å². The molecule has 3 nitrogen and oxygen atoms in total. The van der Waals surface area contributed by atoms with E-state index in [1.165, 1.54) is 11.1 Å². The molecule has 0 spiro atoms. The van der Waals surface area contributed by atoms with Crippen LogP contribution in [0.1, 0.15) is 5.56 Å². The van der Waals surface area contributed by atoms with Crippen molar-refractivity contribution in [3.05, 3.63) is 23.5 Å². The summed E-state index contributed by atoms with van der Waals surface area (Å²) in [6.07, 6.45) is 0. The quantitative estimate of drug-likeness (QED) is 0.375. The standard InChI is InChI=1S/C8H12FN3/c1-5-3-7(10)8(12(2)11)4-6(5)9/h3-4H,10-11H2,1-2H3. The van der Waals surface area contributed by atoms with E-state index in [4.69, 9.17) is 11.6 Å². The Bertz CT molecular complexity index is 297. The van der Waals surface area contributed by atoms with Gasteiger partial charge in [0.2, 0.25) is 0 Å². The lowest BCUT2D eigenvalue weighted by molar-refractivity contribution is 0.618. The van der Waals surface area contributed by atoms with E-state index in [0.29, 0.717) is 16.9 Å². The van der Waals surface area contributed by atoms with Crippen molar-refractivity contribution in [3.63, 3.8) is 0 Å². The molecule has 0 radical (unpaired) electrons. The average molecular weight is 169 g/mol. The zero-order chi connectivity index (χ0) is 9.30. The summed E-state index contributed by atoms with van der Waals surface area (Å²) in [5.74, 6) is 5.13. The Hall–Kier alpha value is -1.29. The van der Waals surface area contributed by atoms with Crippen LogP contribution in [0.2, 0.25) is 0 Å². The number of aryl methyl sites for hydroxylation is 1. The highest BCUT2D eigenvalue weighted by Gasteiger charge is 2.05. The SMILES string of the molecule is Cc1cc(N)c(N(C)N)cc1F. The lowest BCUT2D eigenvalue weighted by atomic mass is 10.2. The molecule has 0 aliphatic carbocycles. The van der Waals surface area contributed by atoms with Crippen LogP contribution >= 0.6 is 0 Å². The topological polar surface area (TPSA) is 55.3 Å². The van der Waals surface area contributed by atoms with Crippen LogP contribution in [0.3, 0.4) is 0 Å².